The van der Waals surface area contributed by atoms with Crippen LogP contribution in [0.25, 0.3) is 93.2 Å². The fourth-order valence-electron chi connectivity index (χ4n) is 8.58. The Hall–Kier alpha value is -6.04. The first-order valence-corrected chi connectivity index (χ1v) is 20.7. The van der Waals surface area contributed by atoms with Gasteiger partial charge in [-0.3, -0.25) is 0 Å². The number of para-hydroxylation sites is 1. The molecule has 0 amide bonds. The molecule has 252 valence electrons. The van der Waals surface area contributed by atoms with Gasteiger partial charge in [0.2, 0.25) is 0 Å². The van der Waals surface area contributed by atoms with E-state index in [0.29, 0.717) is 0 Å². The van der Waals surface area contributed by atoms with Crippen LogP contribution in [-0.4, -0.2) is 0 Å². The van der Waals surface area contributed by atoms with Gasteiger partial charge in [0.1, 0.15) is 0 Å². The van der Waals surface area contributed by atoms with Crippen molar-refractivity contribution >= 4 is 133 Å². The highest BCUT2D eigenvalue weighted by Gasteiger charge is 2.21. The van der Waals surface area contributed by atoms with Crippen molar-refractivity contribution in [2.24, 2.45) is 0 Å². The molecule has 0 saturated heterocycles. The third kappa shape index (κ3) is 4.48. The minimum Gasteiger partial charge on any atom is -0.310 e. The van der Waals surface area contributed by atoms with Gasteiger partial charge in [-0.25, -0.2) is 0 Å². The van der Waals surface area contributed by atoms with Crippen molar-refractivity contribution in [2.45, 2.75) is 0 Å². The Balaban J connectivity index is 1.10. The number of hydrogen-bond donors (Lipinski definition) is 0. The molecule has 0 N–H and O–H groups in total. The van der Waals surface area contributed by atoms with Crippen LogP contribution in [0.15, 0.2) is 176 Å². The summed E-state index contributed by atoms with van der Waals surface area (Å²) in [5.41, 5.74) is 5.87. The van der Waals surface area contributed by atoms with Crippen LogP contribution in [0.2, 0.25) is 0 Å². The normalized spacial score (nSPS) is 12.1. The zero-order chi connectivity index (χ0) is 35.3. The van der Waals surface area contributed by atoms with Crippen molar-refractivity contribution in [1.82, 2.24) is 0 Å². The molecule has 0 aliphatic heterocycles. The van der Waals surface area contributed by atoms with Crippen LogP contribution >= 0.6 is 34.0 Å². The van der Waals surface area contributed by atoms with E-state index in [9.17, 15) is 0 Å². The van der Waals surface area contributed by atoms with Crippen LogP contribution < -0.4 is 4.90 Å². The second-order valence-electron chi connectivity index (χ2n) is 14.0. The second kappa shape index (κ2) is 11.7. The fraction of sp³-hybridized carbons (Fsp3) is 0. The predicted molar refractivity (Wildman–Crippen MR) is 240 cm³/mol. The van der Waals surface area contributed by atoms with Crippen molar-refractivity contribution in [2.75, 3.05) is 4.90 Å². The summed E-state index contributed by atoms with van der Waals surface area (Å²) in [5.74, 6) is 0. The van der Waals surface area contributed by atoms with Gasteiger partial charge in [0.05, 0.1) is 5.69 Å². The van der Waals surface area contributed by atoms with Crippen molar-refractivity contribution in [3.05, 3.63) is 176 Å². The molecule has 54 heavy (non-hydrogen) atoms. The molecule has 12 aromatic rings. The molecule has 0 unspecified atom stereocenters. The van der Waals surface area contributed by atoms with E-state index in [-0.39, 0.29) is 0 Å². The fourth-order valence-corrected chi connectivity index (χ4v) is 12.2. The summed E-state index contributed by atoms with van der Waals surface area (Å²) < 4.78 is 8.00. The van der Waals surface area contributed by atoms with Gasteiger partial charge >= 0.3 is 0 Å². The SMILES string of the molecule is c1ccc(-c2ccccc2N(c2ccc3c(c2)sc2c4ccccc4ccc32)c2ccc3c(c2)sc2ccc4sc5c6ccccc6ccc5c4c23)cc1. The third-order valence-electron chi connectivity index (χ3n) is 11.0. The summed E-state index contributed by atoms with van der Waals surface area (Å²) >= 11 is 5.72. The van der Waals surface area contributed by atoms with Crippen LogP contribution in [0.3, 0.4) is 0 Å². The van der Waals surface area contributed by atoms with E-state index < -0.39 is 0 Å². The van der Waals surface area contributed by atoms with E-state index in [1.165, 1.54) is 93.2 Å². The van der Waals surface area contributed by atoms with Gasteiger partial charge in [-0.15, -0.1) is 34.0 Å². The number of benzene rings is 9. The van der Waals surface area contributed by atoms with E-state index in [1.54, 1.807) is 0 Å². The molecular weight excluding hydrogens is 711 g/mol. The molecule has 3 heterocycles. The second-order valence-corrected chi connectivity index (χ2v) is 17.2. The van der Waals surface area contributed by atoms with Crippen LogP contribution in [-0.2, 0) is 0 Å². The summed E-state index contributed by atoms with van der Waals surface area (Å²) in [6, 6.07) is 65.2. The Morgan fingerprint density at radius 3 is 1.63 bits per heavy atom. The first-order chi connectivity index (χ1) is 26.8. The quantitative estimate of drug-likeness (QED) is 0.174. The van der Waals surface area contributed by atoms with Gasteiger partial charge in [-0.05, 0) is 69.6 Å². The summed E-state index contributed by atoms with van der Waals surface area (Å²) in [6.45, 7) is 0. The molecule has 0 saturated carbocycles. The Bertz CT molecular complexity index is 3460. The molecule has 4 heteroatoms. The van der Waals surface area contributed by atoms with Gasteiger partial charge < -0.3 is 4.90 Å². The van der Waals surface area contributed by atoms with Crippen LogP contribution in [0.4, 0.5) is 17.1 Å². The summed E-state index contributed by atoms with van der Waals surface area (Å²) in [7, 11) is 0. The summed E-state index contributed by atoms with van der Waals surface area (Å²) in [4.78, 5) is 2.47. The largest absolute Gasteiger partial charge is 0.310 e. The molecule has 0 radical (unpaired) electrons. The third-order valence-corrected chi connectivity index (χ3v) is 14.6. The zero-order valence-electron chi connectivity index (χ0n) is 28.9. The first-order valence-electron chi connectivity index (χ1n) is 18.2. The van der Waals surface area contributed by atoms with Gasteiger partial charge in [-0.2, -0.15) is 0 Å². The minimum absolute atomic E-state index is 1.15. The highest BCUT2D eigenvalue weighted by molar-refractivity contribution is 7.28. The molecule has 0 aliphatic carbocycles. The van der Waals surface area contributed by atoms with E-state index in [2.05, 4.69) is 181 Å². The maximum absolute atomic E-state index is 2.47. The molecule has 0 spiro atoms. The van der Waals surface area contributed by atoms with Crippen molar-refractivity contribution in [1.29, 1.82) is 0 Å². The molecule has 9 aromatic carbocycles. The number of rotatable bonds is 4. The summed E-state index contributed by atoms with van der Waals surface area (Å²) in [6.07, 6.45) is 0. The lowest BCUT2D eigenvalue weighted by Gasteiger charge is -2.28. The minimum atomic E-state index is 1.15. The molecule has 0 bridgehead atoms. The van der Waals surface area contributed by atoms with Crippen LogP contribution in [0, 0.1) is 0 Å². The topological polar surface area (TPSA) is 3.24 Å². The maximum atomic E-state index is 2.47. The van der Waals surface area contributed by atoms with Gasteiger partial charge in [0.15, 0.2) is 0 Å². The Kier molecular flexibility index (Phi) is 6.61. The number of nitrogens with zero attached hydrogens (tertiary/aromatic N) is 1. The predicted octanol–water partition coefficient (Wildman–Crippen LogP) is 16.2. The average molecular weight is 740 g/mol. The molecule has 0 aliphatic rings. The van der Waals surface area contributed by atoms with Crippen molar-refractivity contribution in [3.63, 3.8) is 0 Å². The van der Waals surface area contributed by atoms with E-state index in [4.69, 9.17) is 0 Å². The molecule has 12 rings (SSSR count). The lowest BCUT2D eigenvalue weighted by molar-refractivity contribution is 1.30. The van der Waals surface area contributed by atoms with Crippen LogP contribution in [0.1, 0.15) is 0 Å². The highest BCUT2D eigenvalue weighted by Crippen LogP contribution is 2.49. The monoisotopic (exact) mass is 739 g/mol. The number of thiophene rings is 3. The lowest BCUT2D eigenvalue weighted by atomic mass is 10.0. The first kappa shape index (κ1) is 30.4. The standard InChI is InChI=1S/C50H29NS3/c1-2-10-30(11-3-1)35-14-8-9-17-42(35)51(33-20-24-38-39-22-18-31-12-4-6-15-36(31)49(39)54-45(38)28-33)34-21-25-40-46(29-34)52-43-26-27-44-48(47(40)43)41-23-19-32-13-5-7-16-37(32)50(41)53-44/h1-29H. The summed E-state index contributed by atoms with van der Waals surface area (Å²) in [5, 5.41) is 13.3. The Morgan fingerprint density at radius 1 is 0.333 bits per heavy atom. The van der Waals surface area contributed by atoms with E-state index in [0.717, 1.165) is 17.1 Å². The molecule has 0 fully saturated rings. The van der Waals surface area contributed by atoms with Gasteiger partial charge in [0, 0.05) is 77.5 Å². The van der Waals surface area contributed by atoms with Crippen LogP contribution in [0.5, 0.6) is 0 Å². The number of fused-ring (bicyclic) bond motifs is 14. The lowest BCUT2D eigenvalue weighted by Crippen LogP contribution is -2.11. The average Bonchev–Trinajstić information content (AvgIpc) is 3.92. The van der Waals surface area contributed by atoms with Gasteiger partial charge in [0.25, 0.3) is 0 Å². The molecule has 0 atom stereocenters. The van der Waals surface area contributed by atoms with Crippen molar-refractivity contribution < 1.29 is 0 Å². The maximum Gasteiger partial charge on any atom is 0.0540 e. The molecular formula is C50H29NS3. The van der Waals surface area contributed by atoms with E-state index in [1.807, 2.05) is 34.0 Å². The Morgan fingerprint density at radius 2 is 0.870 bits per heavy atom. The molecule has 1 nitrogen and oxygen atoms in total. The van der Waals surface area contributed by atoms with Crippen molar-refractivity contribution in [3.8, 4) is 11.1 Å². The zero-order valence-corrected chi connectivity index (χ0v) is 31.4. The van der Waals surface area contributed by atoms with Gasteiger partial charge in [-0.1, -0.05) is 133 Å². The highest BCUT2D eigenvalue weighted by atomic mass is 32.1. The smallest absolute Gasteiger partial charge is 0.0540 e. The Labute approximate surface area is 323 Å². The number of anilines is 3. The molecule has 3 aromatic heterocycles. The van der Waals surface area contributed by atoms with E-state index >= 15 is 0 Å². The number of hydrogen-bond acceptors (Lipinski definition) is 4.